The largest absolute Gasteiger partial charge is 0.462 e. The van der Waals surface area contributed by atoms with Gasteiger partial charge in [-0.2, -0.15) is 0 Å². The van der Waals surface area contributed by atoms with Crippen LogP contribution in [0.1, 0.15) is 239 Å². The number of rotatable bonds is 49. The van der Waals surface area contributed by atoms with Crippen molar-refractivity contribution in [1.82, 2.24) is 0 Å². The highest BCUT2D eigenvalue weighted by Crippen LogP contribution is 2.14. The first-order valence-corrected chi connectivity index (χ1v) is 27.4. The molecule has 5 heteroatoms. The van der Waals surface area contributed by atoms with Gasteiger partial charge in [0.15, 0.2) is 6.10 Å². The Morgan fingerprint density at radius 3 is 1.15 bits per heavy atom. The summed E-state index contributed by atoms with van der Waals surface area (Å²) in [6.07, 6.45) is 76.9. The predicted octanol–water partition coefficient (Wildman–Crippen LogP) is 18.8. The predicted molar refractivity (Wildman–Crippen MR) is 288 cm³/mol. The minimum Gasteiger partial charge on any atom is -0.462 e. The van der Waals surface area contributed by atoms with Gasteiger partial charge in [-0.3, -0.25) is 9.59 Å². The fourth-order valence-electron chi connectivity index (χ4n) is 7.26. The van der Waals surface area contributed by atoms with Crippen molar-refractivity contribution in [2.24, 2.45) is 0 Å². The highest BCUT2D eigenvalue weighted by Gasteiger charge is 2.17. The smallest absolute Gasteiger partial charge is 0.306 e. The summed E-state index contributed by atoms with van der Waals surface area (Å²) in [5.74, 6) is -0.502. The maximum absolute atomic E-state index is 12.8. The molecule has 1 atom stereocenters. The van der Waals surface area contributed by atoms with Gasteiger partial charge < -0.3 is 14.2 Å². The molecular weight excluding hydrogens is 813 g/mol. The van der Waals surface area contributed by atoms with E-state index in [2.05, 4.69) is 130 Å². The fraction of sp³-hybridized carbons (Fsp3) is 0.672. The quantitative estimate of drug-likeness (QED) is 0.0346. The molecule has 0 amide bonds. The summed E-state index contributed by atoms with van der Waals surface area (Å²) in [6, 6.07) is 0. The molecule has 0 rings (SSSR count). The van der Waals surface area contributed by atoms with E-state index in [1.54, 1.807) is 0 Å². The van der Waals surface area contributed by atoms with Gasteiger partial charge in [0, 0.05) is 19.4 Å². The van der Waals surface area contributed by atoms with E-state index < -0.39 is 6.10 Å². The van der Waals surface area contributed by atoms with E-state index in [-0.39, 0.29) is 25.2 Å². The Morgan fingerprint density at radius 2 is 0.697 bits per heavy atom. The zero-order chi connectivity index (χ0) is 47.7. The van der Waals surface area contributed by atoms with Gasteiger partial charge in [-0.25, -0.2) is 0 Å². The highest BCUT2D eigenvalue weighted by molar-refractivity contribution is 5.70. The Balaban J connectivity index is 4.36. The lowest BCUT2D eigenvalue weighted by Gasteiger charge is -2.18. The van der Waals surface area contributed by atoms with Crippen LogP contribution in [0.3, 0.4) is 0 Å². The Bertz CT molecular complexity index is 1310. The van der Waals surface area contributed by atoms with E-state index in [1.807, 2.05) is 0 Å². The van der Waals surface area contributed by atoms with E-state index in [4.69, 9.17) is 14.2 Å². The molecule has 0 saturated heterocycles. The second kappa shape index (κ2) is 55.9. The number of carbonyl (C=O) groups is 2. The summed E-state index contributed by atoms with van der Waals surface area (Å²) < 4.78 is 17.4. The van der Waals surface area contributed by atoms with Crippen molar-refractivity contribution in [1.29, 1.82) is 0 Å². The molecule has 0 aliphatic carbocycles. The molecule has 0 aromatic carbocycles. The van der Waals surface area contributed by atoms with Crippen molar-refractivity contribution in [3.63, 3.8) is 0 Å². The second-order valence-corrected chi connectivity index (χ2v) is 17.7. The SMILES string of the molecule is CC/C=C\C/C=C\C/C=C\C/C=C\C/C=C\CCCC(=O)OCC(COCCCCCCCCCCCC/C=C\CCCCCCCC)OC(=O)CCCCC/C=C\C/C=C\C/C=C\CC. The van der Waals surface area contributed by atoms with Crippen LogP contribution >= 0.6 is 0 Å². The molecule has 0 saturated carbocycles. The van der Waals surface area contributed by atoms with Crippen LogP contribution in [0.2, 0.25) is 0 Å². The number of carbonyl (C=O) groups excluding carboxylic acids is 2. The molecule has 0 N–H and O–H groups in total. The van der Waals surface area contributed by atoms with E-state index in [0.717, 1.165) is 103 Å². The standard InChI is InChI=1S/C61H102O5/c1-4-7-10-13-16-19-22-25-27-29-30-31-33-35-38-41-44-47-50-53-56-64-57-59(66-61(63)55-52-49-46-43-40-36-24-21-18-15-12-9-6-3)58-65-60(62)54-51-48-45-42-39-37-34-32-28-26-23-20-17-14-11-8-5-2/h8-9,11-12,17-18,20-21,25-28,34,36-37,40,42,45,59H,4-7,10,13-16,19,22-24,29-33,35,38-39,41,43-44,46-58H2,1-3H3/b11-8-,12-9-,20-17-,21-18-,27-25-,28-26-,37-34-,40-36-,45-42-. The van der Waals surface area contributed by atoms with Crippen LogP contribution in [-0.4, -0.2) is 37.9 Å². The monoisotopic (exact) mass is 915 g/mol. The topological polar surface area (TPSA) is 61.8 Å². The van der Waals surface area contributed by atoms with Crippen molar-refractivity contribution in [3.8, 4) is 0 Å². The van der Waals surface area contributed by atoms with Crippen LogP contribution < -0.4 is 0 Å². The van der Waals surface area contributed by atoms with Crippen LogP contribution in [0.4, 0.5) is 0 Å². The fourth-order valence-corrected chi connectivity index (χ4v) is 7.26. The third-order valence-electron chi connectivity index (χ3n) is 11.3. The normalized spacial score (nSPS) is 13.1. The first-order chi connectivity index (χ1) is 32.6. The third-order valence-corrected chi connectivity index (χ3v) is 11.3. The lowest BCUT2D eigenvalue weighted by atomic mass is 10.1. The molecule has 0 aliphatic rings. The number of allylic oxidation sites excluding steroid dienone is 18. The molecule has 0 aromatic heterocycles. The first-order valence-electron chi connectivity index (χ1n) is 27.4. The molecule has 5 nitrogen and oxygen atoms in total. The van der Waals surface area contributed by atoms with Gasteiger partial charge in [0.2, 0.25) is 0 Å². The summed E-state index contributed by atoms with van der Waals surface area (Å²) in [5, 5.41) is 0. The van der Waals surface area contributed by atoms with Crippen LogP contribution in [0.25, 0.3) is 0 Å². The summed E-state index contributed by atoms with van der Waals surface area (Å²) in [5.41, 5.74) is 0. The summed E-state index contributed by atoms with van der Waals surface area (Å²) in [6.45, 7) is 7.50. The zero-order valence-electron chi connectivity index (χ0n) is 43.2. The van der Waals surface area contributed by atoms with Crippen molar-refractivity contribution < 1.29 is 23.8 Å². The van der Waals surface area contributed by atoms with Crippen molar-refractivity contribution in [2.75, 3.05) is 19.8 Å². The molecule has 0 aliphatic heterocycles. The maximum Gasteiger partial charge on any atom is 0.306 e. The molecular formula is C61H102O5. The van der Waals surface area contributed by atoms with Crippen molar-refractivity contribution >= 4 is 11.9 Å². The van der Waals surface area contributed by atoms with Crippen molar-refractivity contribution in [3.05, 3.63) is 109 Å². The first kappa shape index (κ1) is 62.6. The lowest BCUT2D eigenvalue weighted by Crippen LogP contribution is -2.30. The van der Waals surface area contributed by atoms with Crippen molar-refractivity contribution in [2.45, 2.75) is 245 Å². The zero-order valence-corrected chi connectivity index (χ0v) is 43.2. The molecule has 376 valence electrons. The van der Waals surface area contributed by atoms with Gasteiger partial charge in [-0.05, 0) is 116 Å². The summed E-state index contributed by atoms with van der Waals surface area (Å²) in [7, 11) is 0. The molecule has 66 heavy (non-hydrogen) atoms. The summed E-state index contributed by atoms with van der Waals surface area (Å²) >= 11 is 0. The van der Waals surface area contributed by atoms with E-state index >= 15 is 0 Å². The maximum atomic E-state index is 12.8. The molecule has 0 fully saturated rings. The molecule has 0 radical (unpaired) electrons. The minimum absolute atomic E-state index is 0.0380. The van der Waals surface area contributed by atoms with Gasteiger partial charge in [0.25, 0.3) is 0 Å². The minimum atomic E-state index is -0.581. The molecule has 0 heterocycles. The van der Waals surface area contributed by atoms with E-state index in [0.29, 0.717) is 19.4 Å². The molecule has 0 aromatic rings. The number of esters is 2. The van der Waals surface area contributed by atoms with Gasteiger partial charge in [-0.15, -0.1) is 0 Å². The van der Waals surface area contributed by atoms with Gasteiger partial charge in [0.05, 0.1) is 6.61 Å². The Labute approximate surface area is 408 Å². The molecule has 0 spiro atoms. The number of hydrogen-bond acceptors (Lipinski definition) is 5. The highest BCUT2D eigenvalue weighted by atomic mass is 16.6. The van der Waals surface area contributed by atoms with E-state index in [1.165, 1.54) is 103 Å². The average molecular weight is 915 g/mol. The van der Waals surface area contributed by atoms with Crippen LogP contribution in [-0.2, 0) is 23.8 Å². The Morgan fingerprint density at radius 1 is 0.348 bits per heavy atom. The molecule has 1 unspecified atom stereocenters. The van der Waals surface area contributed by atoms with Crippen LogP contribution in [0, 0.1) is 0 Å². The number of ether oxygens (including phenoxy) is 3. The Kier molecular flexibility index (Phi) is 53.0. The molecule has 0 bridgehead atoms. The average Bonchev–Trinajstić information content (AvgIpc) is 3.32. The van der Waals surface area contributed by atoms with E-state index in [9.17, 15) is 9.59 Å². The summed E-state index contributed by atoms with van der Waals surface area (Å²) in [4.78, 5) is 25.4. The number of hydrogen-bond donors (Lipinski definition) is 0. The Hall–Kier alpha value is -3.44. The van der Waals surface area contributed by atoms with Gasteiger partial charge >= 0.3 is 11.9 Å². The van der Waals surface area contributed by atoms with Gasteiger partial charge in [0.1, 0.15) is 6.61 Å². The van der Waals surface area contributed by atoms with Crippen LogP contribution in [0.5, 0.6) is 0 Å². The third kappa shape index (κ3) is 53.2. The van der Waals surface area contributed by atoms with Gasteiger partial charge in [-0.1, -0.05) is 220 Å². The number of unbranched alkanes of at least 4 members (excludes halogenated alkanes) is 20. The lowest BCUT2D eigenvalue weighted by molar-refractivity contribution is -0.163. The van der Waals surface area contributed by atoms with Crippen LogP contribution in [0.15, 0.2) is 109 Å². The second-order valence-electron chi connectivity index (χ2n) is 17.7.